The van der Waals surface area contributed by atoms with Crippen molar-refractivity contribution in [2.24, 2.45) is 0 Å². The summed E-state index contributed by atoms with van der Waals surface area (Å²) in [4.78, 5) is 54.0. The number of nitrogens with one attached hydrogen (secondary N) is 3. The molecule has 2 heterocycles. The van der Waals surface area contributed by atoms with Crippen molar-refractivity contribution in [3.05, 3.63) is 72.0 Å². The Morgan fingerprint density at radius 2 is 1.56 bits per heavy atom. The van der Waals surface area contributed by atoms with Gasteiger partial charge in [-0.25, -0.2) is 9.59 Å². The summed E-state index contributed by atoms with van der Waals surface area (Å²) >= 11 is 0. The molecule has 2 aromatic carbocycles. The number of benzene rings is 2. The van der Waals surface area contributed by atoms with E-state index in [1.807, 2.05) is 48.5 Å². The number of para-hydroxylation sites is 1. The molecule has 4 rings (SSSR count). The average molecular weight is 621 g/mol. The molecular weight excluding hydrogens is 576 g/mol. The molecule has 0 aliphatic carbocycles. The van der Waals surface area contributed by atoms with Crippen molar-refractivity contribution < 1.29 is 33.1 Å². The summed E-state index contributed by atoms with van der Waals surface area (Å²) in [5.41, 5.74) is 0.193. The van der Waals surface area contributed by atoms with Gasteiger partial charge < -0.3 is 34.7 Å². The number of nitrogens with zero attached hydrogens (tertiary/aromatic N) is 1. The van der Waals surface area contributed by atoms with Gasteiger partial charge in [0.2, 0.25) is 5.91 Å². The highest BCUT2D eigenvalue weighted by atomic mass is 16.6. The van der Waals surface area contributed by atoms with Crippen molar-refractivity contribution in [3.8, 4) is 0 Å². The Balaban J connectivity index is 1.49. The van der Waals surface area contributed by atoms with Crippen molar-refractivity contribution in [1.29, 1.82) is 0 Å². The van der Waals surface area contributed by atoms with Crippen LogP contribution in [0.5, 0.6) is 0 Å². The zero-order valence-electron chi connectivity index (χ0n) is 26.8. The second kappa shape index (κ2) is 14.0. The summed E-state index contributed by atoms with van der Waals surface area (Å²) in [7, 11) is 0. The Morgan fingerprint density at radius 1 is 0.911 bits per heavy atom. The smallest absolute Gasteiger partial charge is 0.408 e. The van der Waals surface area contributed by atoms with Gasteiger partial charge in [-0.05, 0) is 78.5 Å². The number of rotatable bonds is 9. The molecule has 1 fully saturated rings. The number of aryl methyl sites for hydroxylation is 1. The molecule has 3 N–H and O–H groups in total. The number of ether oxygens (including phenoxy) is 2. The maximum absolute atomic E-state index is 13.7. The number of carbonyl (C=O) groups is 4. The van der Waals surface area contributed by atoms with Crippen molar-refractivity contribution in [3.63, 3.8) is 0 Å². The van der Waals surface area contributed by atoms with E-state index < -0.39 is 47.4 Å². The molecule has 242 valence electrons. The number of fused-ring (bicyclic) bond motifs is 1. The largest absolute Gasteiger partial charge is 0.451 e. The number of alkyl carbamates (subject to hydrolysis) is 2. The van der Waals surface area contributed by atoms with E-state index in [0.717, 1.165) is 10.9 Å². The van der Waals surface area contributed by atoms with E-state index in [1.54, 1.807) is 58.6 Å². The number of hydrogen-bond donors (Lipinski definition) is 3. The van der Waals surface area contributed by atoms with Gasteiger partial charge in [-0.15, -0.1) is 0 Å². The topological polar surface area (TPSA) is 139 Å². The third kappa shape index (κ3) is 9.99. The Bertz CT molecular complexity index is 1460. The summed E-state index contributed by atoms with van der Waals surface area (Å²) in [6.07, 6.45) is -0.0337. The van der Waals surface area contributed by atoms with Crippen LogP contribution < -0.4 is 16.0 Å². The summed E-state index contributed by atoms with van der Waals surface area (Å²) in [5, 5.41) is 9.30. The molecule has 1 aliphatic rings. The van der Waals surface area contributed by atoms with Crippen molar-refractivity contribution in [1.82, 2.24) is 20.9 Å². The summed E-state index contributed by atoms with van der Waals surface area (Å²) in [6.45, 7) is 10.9. The SMILES string of the molecule is CC(C)(C)OC(=O)NC[C@@H]1C[C@H](NC(=O)[C@H](CCc2ccccc2)NC(=O)OC(C)(C)C)CN1C(=O)c1cc2ccccc2o1. The maximum atomic E-state index is 13.7. The Labute approximate surface area is 264 Å². The van der Waals surface area contributed by atoms with E-state index >= 15 is 0 Å². The highest BCUT2D eigenvalue weighted by Gasteiger charge is 2.39. The molecule has 0 spiro atoms. The van der Waals surface area contributed by atoms with Crippen LogP contribution in [-0.2, 0) is 20.7 Å². The normalized spacial score (nSPS) is 17.4. The molecule has 3 atom stereocenters. The van der Waals surface area contributed by atoms with Crippen LogP contribution in [0.1, 0.15) is 70.5 Å². The lowest BCUT2D eigenvalue weighted by Gasteiger charge is -2.25. The second-order valence-corrected chi connectivity index (χ2v) is 13.3. The van der Waals surface area contributed by atoms with Gasteiger partial charge in [0.05, 0.1) is 6.04 Å². The van der Waals surface area contributed by atoms with Gasteiger partial charge in [0.15, 0.2) is 5.76 Å². The zero-order chi connectivity index (χ0) is 32.8. The second-order valence-electron chi connectivity index (χ2n) is 13.3. The van der Waals surface area contributed by atoms with E-state index in [0.29, 0.717) is 24.8 Å². The van der Waals surface area contributed by atoms with Gasteiger partial charge in [-0.2, -0.15) is 0 Å². The summed E-state index contributed by atoms with van der Waals surface area (Å²) < 4.78 is 16.6. The first kappa shape index (κ1) is 33.4. The van der Waals surface area contributed by atoms with Crippen LogP contribution >= 0.6 is 0 Å². The lowest BCUT2D eigenvalue weighted by molar-refractivity contribution is -0.124. The van der Waals surface area contributed by atoms with E-state index in [4.69, 9.17) is 13.9 Å². The number of furan rings is 1. The van der Waals surface area contributed by atoms with Gasteiger partial charge in [0.1, 0.15) is 22.8 Å². The van der Waals surface area contributed by atoms with Gasteiger partial charge in [0.25, 0.3) is 5.91 Å². The Hall–Kier alpha value is -4.54. The molecule has 45 heavy (non-hydrogen) atoms. The summed E-state index contributed by atoms with van der Waals surface area (Å²) in [6, 6.07) is 16.9. The molecule has 1 saturated heterocycles. The van der Waals surface area contributed by atoms with Crippen LogP contribution in [-0.4, -0.2) is 71.3 Å². The van der Waals surface area contributed by atoms with Crippen LogP contribution in [0.15, 0.2) is 65.1 Å². The fourth-order valence-electron chi connectivity index (χ4n) is 5.18. The Kier molecular flexibility index (Phi) is 10.4. The Morgan fingerprint density at radius 3 is 2.22 bits per heavy atom. The predicted octanol–water partition coefficient (Wildman–Crippen LogP) is 5.18. The third-order valence-corrected chi connectivity index (χ3v) is 7.11. The van der Waals surface area contributed by atoms with Crippen LogP contribution in [0.25, 0.3) is 11.0 Å². The molecule has 0 saturated carbocycles. The van der Waals surface area contributed by atoms with Crippen molar-refractivity contribution in [2.75, 3.05) is 13.1 Å². The van der Waals surface area contributed by atoms with Crippen LogP contribution in [0.4, 0.5) is 9.59 Å². The van der Waals surface area contributed by atoms with Crippen molar-refractivity contribution in [2.45, 2.75) is 90.1 Å². The van der Waals surface area contributed by atoms with E-state index in [-0.39, 0.29) is 24.8 Å². The van der Waals surface area contributed by atoms with Gasteiger partial charge >= 0.3 is 12.2 Å². The van der Waals surface area contributed by atoms with Gasteiger partial charge in [0, 0.05) is 24.5 Å². The summed E-state index contributed by atoms with van der Waals surface area (Å²) in [5.74, 6) is -0.581. The highest BCUT2D eigenvalue weighted by molar-refractivity contribution is 5.96. The number of likely N-dealkylation sites (tertiary alicyclic amines) is 1. The minimum atomic E-state index is -0.876. The van der Waals surface area contributed by atoms with Gasteiger partial charge in [-0.3, -0.25) is 9.59 Å². The first-order valence-electron chi connectivity index (χ1n) is 15.3. The van der Waals surface area contributed by atoms with E-state index in [9.17, 15) is 19.2 Å². The minimum absolute atomic E-state index is 0.112. The first-order chi connectivity index (χ1) is 21.2. The van der Waals surface area contributed by atoms with Crippen LogP contribution in [0.2, 0.25) is 0 Å². The van der Waals surface area contributed by atoms with Crippen LogP contribution in [0.3, 0.4) is 0 Å². The van der Waals surface area contributed by atoms with E-state index in [2.05, 4.69) is 16.0 Å². The van der Waals surface area contributed by atoms with Crippen molar-refractivity contribution >= 4 is 35.0 Å². The zero-order valence-corrected chi connectivity index (χ0v) is 26.8. The molecule has 0 bridgehead atoms. The lowest BCUT2D eigenvalue weighted by atomic mass is 10.0. The highest BCUT2D eigenvalue weighted by Crippen LogP contribution is 2.25. The maximum Gasteiger partial charge on any atom is 0.408 e. The van der Waals surface area contributed by atoms with Crippen LogP contribution in [0, 0.1) is 0 Å². The molecular formula is C34H44N4O7. The monoisotopic (exact) mass is 620 g/mol. The number of carbonyl (C=O) groups excluding carboxylic acids is 4. The molecule has 3 aromatic rings. The third-order valence-electron chi connectivity index (χ3n) is 7.11. The first-order valence-corrected chi connectivity index (χ1v) is 15.3. The number of hydrogen-bond acceptors (Lipinski definition) is 7. The molecule has 0 radical (unpaired) electrons. The molecule has 0 unspecified atom stereocenters. The number of amides is 4. The van der Waals surface area contributed by atoms with E-state index in [1.165, 1.54) is 0 Å². The predicted molar refractivity (Wildman–Crippen MR) is 170 cm³/mol. The molecule has 11 nitrogen and oxygen atoms in total. The molecule has 1 aliphatic heterocycles. The molecule has 4 amide bonds. The average Bonchev–Trinajstić information content (AvgIpc) is 3.56. The minimum Gasteiger partial charge on any atom is -0.451 e. The lowest BCUT2D eigenvalue weighted by Crippen LogP contribution is -2.51. The molecule has 1 aromatic heterocycles. The van der Waals surface area contributed by atoms with Gasteiger partial charge in [-0.1, -0.05) is 48.5 Å². The fourth-order valence-corrected chi connectivity index (χ4v) is 5.18. The molecule has 11 heteroatoms. The fraction of sp³-hybridized carbons (Fsp3) is 0.471. The standard InChI is InChI=1S/C34H44N4O7/c1-33(2,3)44-31(41)35-20-25-19-24(21-38(25)30(40)28-18-23-14-10-11-15-27(23)43-28)36-29(39)26(37-32(42)45-34(4,5)6)17-16-22-12-8-7-9-13-22/h7-15,18,24-26H,16-17,19-21H2,1-6H3,(H,35,41)(H,36,39)(H,37,42)/t24-,25-,26-/m0/s1. The quantitative estimate of drug-likeness (QED) is 0.300.